The van der Waals surface area contributed by atoms with Crippen molar-refractivity contribution in [3.63, 3.8) is 0 Å². The lowest BCUT2D eigenvalue weighted by atomic mass is 10.1. The number of hydrogen-bond donors (Lipinski definition) is 1. The summed E-state index contributed by atoms with van der Waals surface area (Å²) >= 11 is 3.51. The molecule has 13 heavy (non-hydrogen) atoms. The third-order valence-electron chi connectivity index (χ3n) is 2.12. The Kier molecular flexibility index (Phi) is 3.33. The first-order chi connectivity index (χ1) is 6.11. The molecular weight excluding hydrogens is 230 g/mol. The average Bonchev–Trinajstić information content (AvgIpc) is 2.13. The molecule has 0 atom stereocenters. The Labute approximate surface area is 87.2 Å². The topological polar surface area (TPSA) is 35.2 Å². The molecule has 1 aromatic carbocycles. The maximum Gasteiger partial charge on any atom is 0.127 e. The molecule has 0 saturated heterocycles. The normalized spacial score (nSPS) is 10.2. The van der Waals surface area contributed by atoms with E-state index < -0.39 is 0 Å². The van der Waals surface area contributed by atoms with Crippen LogP contribution >= 0.6 is 15.9 Å². The molecule has 72 valence electrons. The largest absolute Gasteiger partial charge is 0.496 e. The van der Waals surface area contributed by atoms with Crippen molar-refractivity contribution < 1.29 is 4.74 Å². The molecule has 2 N–H and O–H groups in total. The zero-order chi connectivity index (χ0) is 10.0. The van der Waals surface area contributed by atoms with Gasteiger partial charge in [-0.05, 0) is 25.5 Å². The van der Waals surface area contributed by atoms with Gasteiger partial charge in [-0.1, -0.05) is 15.9 Å². The van der Waals surface area contributed by atoms with Crippen LogP contribution in [0.25, 0.3) is 0 Å². The van der Waals surface area contributed by atoms with E-state index in [9.17, 15) is 0 Å². The quantitative estimate of drug-likeness (QED) is 0.867. The Morgan fingerprint density at radius 2 is 2.08 bits per heavy atom. The summed E-state index contributed by atoms with van der Waals surface area (Å²) < 4.78 is 6.39. The Bertz CT molecular complexity index is 323. The summed E-state index contributed by atoms with van der Waals surface area (Å²) in [6.07, 6.45) is 0. The van der Waals surface area contributed by atoms with Gasteiger partial charge in [-0.3, -0.25) is 0 Å². The summed E-state index contributed by atoms with van der Waals surface area (Å²) in [5, 5.41) is 0. The predicted octanol–water partition coefficient (Wildman–Crippen LogP) is 2.53. The van der Waals surface area contributed by atoms with E-state index >= 15 is 0 Å². The molecule has 1 rings (SSSR count). The fraction of sp³-hybridized carbons (Fsp3) is 0.400. The second-order valence-electron chi connectivity index (χ2n) is 3.03. The molecular formula is C10H14BrNO. The van der Waals surface area contributed by atoms with Crippen LogP contribution < -0.4 is 10.5 Å². The van der Waals surface area contributed by atoms with E-state index in [1.54, 1.807) is 7.11 Å². The third-order valence-corrected chi connectivity index (χ3v) is 3.34. The lowest BCUT2D eigenvalue weighted by Crippen LogP contribution is -2.02. The van der Waals surface area contributed by atoms with Gasteiger partial charge in [0.15, 0.2) is 0 Å². The third kappa shape index (κ3) is 1.86. The van der Waals surface area contributed by atoms with E-state index in [-0.39, 0.29) is 0 Å². The molecule has 0 unspecified atom stereocenters. The van der Waals surface area contributed by atoms with E-state index in [1.807, 2.05) is 6.92 Å². The van der Waals surface area contributed by atoms with Crippen LogP contribution in [-0.2, 0) is 6.54 Å². The highest BCUT2D eigenvalue weighted by Crippen LogP contribution is 2.32. The van der Waals surface area contributed by atoms with Gasteiger partial charge in [0, 0.05) is 22.1 Å². The minimum absolute atomic E-state index is 0.512. The van der Waals surface area contributed by atoms with E-state index in [2.05, 4.69) is 28.9 Å². The first kappa shape index (κ1) is 10.5. The van der Waals surface area contributed by atoms with E-state index in [4.69, 9.17) is 10.5 Å². The summed E-state index contributed by atoms with van der Waals surface area (Å²) in [6, 6.07) is 2.05. The molecule has 0 saturated carbocycles. The molecule has 1 aromatic rings. The maximum absolute atomic E-state index is 5.62. The minimum atomic E-state index is 0.512. The zero-order valence-electron chi connectivity index (χ0n) is 8.15. The molecule has 3 heteroatoms. The molecule has 0 fully saturated rings. The molecule has 0 radical (unpaired) electrons. The summed E-state index contributed by atoms with van der Waals surface area (Å²) in [7, 11) is 1.67. The van der Waals surface area contributed by atoms with Crippen molar-refractivity contribution in [1.29, 1.82) is 0 Å². The average molecular weight is 244 g/mol. The lowest BCUT2D eigenvalue weighted by molar-refractivity contribution is 0.406. The molecule has 0 heterocycles. The summed E-state index contributed by atoms with van der Waals surface area (Å²) in [4.78, 5) is 0. The molecule has 0 bridgehead atoms. The van der Waals surface area contributed by atoms with Gasteiger partial charge >= 0.3 is 0 Å². The fourth-order valence-corrected chi connectivity index (χ4v) is 1.76. The van der Waals surface area contributed by atoms with E-state index in [0.717, 1.165) is 21.3 Å². The van der Waals surface area contributed by atoms with Crippen LogP contribution in [0.3, 0.4) is 0 Å². The smallest absolute Gasteiger partial charge is 0.127 e. The number of rotatable bonds is 2. The van der Waals surface area contributed by atoms with Crippen molar-refractivity contribution in [2.45, 2.75) is 20.4 Å². The second kappa shape index (κ2) is 4.11. The van der Waals surface area contributed by atoms with Crippen molar-refractivity contribution in [1.82, 2.24) is 0 Å². The molecule has 2 nitrogen and oxygen atoms in total. The monoisotopic (exact) mass is 243 g/mol. The van der Waals surface area contributed by atoms with Gasteiger partial charge in [-0.2, -0.15) is 0 Å². The van der Waals surface area contributed by atoms with Gasteiger partial charge in [0.25, 0.3) is 0 Å². The number of ether oxygens (including phenoxy) is 1. The molecule has 0 amide bonds. The van der Waals surface area contributed by atoms with Gasteiger partial charge in [0.05, 0.1) is 7.11 Å². The number of halogens is 1. The molecule has 0 aliphatic carbocycles. The van der Waals surface area contributed by atoms with Crippen LogP contribution in [0.1, 0.15) is 16.7 Å². The summed E-state index contributed by atoms with van der Waals surface area (Å²) in [5.74, 6) is 0.889. The van der Waals surface area contributed by atoms with Crippen LogP contribution in [0.5, 0.6) is 5.75 Å². The first-order valence-corrected chi connectivity index (χ1v) is 4.93. The molecule has 0 aliphatic heterocycles. The Morgan fingerprint density at radius 3 is 2.54 bits per heavy atom. The van der Waals surface area contributed by atoms with Crippen molar-refractivity contribution >= 4 is 15.9 Å². The van der Waals surface area contributed by atoms with Crippen molar-refractivity contribution in [2.75, 3.05) is 7.11 Å². The van der Waals surface area contributed by atoms with Crippen LogP contribution in [0.4, 0.5) is 0 Å². The molecule has 0 aromatic heterocycles. The Morgan fingerprint density at radius 1 is 1.46 bits per heavy atom. The summed E-state index contributed by atoms with van der Waals surface area (Å²) in [5.41, 5.74) is 8.98. The molecule has 0 aliphatic rings. The van der Waals surface area contributed by atoms with Gasteiger partial charge in [-0.15, -0.1) is 0 Å². The Balaban J connectivity index is 3.39. The minimum Gasteiger partial charge on any atom is -0.496 e. The highest BCUT2D eigenvalue weighted by Gasteiger charge is 2.10. The van der Waals surface area contributed by atoms with Gasteiger partial charge < -0.3 is 10.5 Å². The van der Waals surface area contributed by atoms with Crippen molar-refractivity contribution in [3.05, 3.63) is 27.2 Å². The fourth-order valence-electron chi connectivity index (χ4n) is 1.46. The Hall–Kier alpha value is -0.540. The van der Waals surface area contributed by atoms with Gasteiger partial charge in [0.2, 0.25) is 0 Å². The highest BCUT2D eigenvalue weighted by molar-refractivity contribution is 9.10. The number of benzene rings is 1. The maximum atomic E-state index is 5.62. The van der Waals surface area contributed by atoms with Crippen molar-refractivity contribution in [3.8, 4) is 5.75 Å². The van der Waals surface area contributed by atoms with Crippen molar-refractivity contribution in [2.24, 2.45) is 5.73 Å². The van der Waals surface area contributed by atoms with Crippen LogP contribution in [0.15, 0.2) is 10.5 Å². The number of hydrogen-bond acceptors (Lipinski definition) is 2. The lowest BCUT2D eigenvalue weighted by Gasteiger charge is -2.13. The second-order valence-corrected chi connectivity index (χ2v) is 3.82. The number of methoxy groups -OCH3 is 1. The summed E-state index contributed by atoms with van der Waals surface area (Å²) in [6.45, 7) is 4.59. The highest BCUT2D eigenvalue weighted by atomic mass is 79.9. The zero-order valence-corrected chi connectivity index (χ0v) is 9.73. The number of aryl methyl sites for hydroxylation is 1. The first-order valence-electron chi connectivity index (χ1n) is 4.14. The standard InChI is InChI=1S/C10H14BrNO/c1-6-4-8(5-12)10(13-3)7(2)9(6)11/h4H,5,12H2,1-3H3. The van der Waals surface area contributed by atoms with Gasteiger partial charge in [0.1, 0.15) is 5.75 Å². The SMILES string of the molecule is COc1c(CN)cc(C)c(Br)c1C. The van der Waals surface area contributed by atoms with Crippen LogP contribution in [0.2, 0.25) is 0 Å². The van der Waals surface area contributed by atoms with Gasteiger partial charge in [-0.25, -0.2) is 0 Å². The van der Waals surface area contributed by atoms with E-state index in [1.165, 1.54) is 5.56 Å². The van der Waals surface area contributed by atoms with Crippen LogP contribution in [0, 0.1) is 13.8 Å². The van der Waals surface area contributed by atoms with Crippen LogP contribution in [-0.4, -0.2) is 7.11 Å². The van der Waals surface area contributed by atoms with E-state index in [0.29, 0.717) is 6.54 Å². The molecule has 0 spiro atoms. The number of nitrogens with two attached hydrogens (primary N) is 1. The predicted molar refractivity (Wildman–Crippen MR) is 58.1 cm³/mol.